The summed E-state index contributed by atoms with van der Waals surface area (Å²) in [6.07, 6.45) is 11.8. The Kier molecular flexibility index (Phi) is 3.68. The van der Waals surface area contributed by atoms with Crippen molar-refractivity contribution >= 4 is 12.0 Å². The van der Waals surface area contributed by atoms with Crippen LogP contribution in [0.1, 0.15) is 61.8 Å². The van der Waals surface area contributed by atoms with Crippen LogP contribution in [0, 0.1) is 5.92 Å². The van der Waals surface area contributed by atoms with Gasteiger partial charge in [-0.3, -0.25) is 0 Å². The van der Waals surface area contributed by atoms with E-state index in [-0.39, 0.29) is 11.9 Å². The molecular formula is C17H23NO2. The van der Waals surface area contributed by atoms with Gasteiger partial charge in [0.1, 0.15) is 0 Å². The van der Waals surface area contributed by atoms with Crippen LogP contribution < -0.4 is 0 Å². The number of nitrogens with one attached hydrogen (secondary N) is 1. The number of carbonyl (C=O) groups excluding carboxylic acids is 1. The summed E-state index contributed by atoms with van der Waals surface area (Å²) in [5.41, 5.74) is 4.82. The first-order chi connectivity index (χ1) is 9.70. The molecule has 0 amide bonds. The molecule has 1 aromatic heterocycles. The highest BCUT2D eigenvalue weighted by Gasteiger charge is 2.28. The van der Waals surface area contributed by atoms with Crippen molar-refractivity contribution < 1.29 is 9.53 Å². The van der Waals surface area contributed by atoms with Crippen LogP contribution in [0.25, 0.3) is 6.08 Å². The van der Waals surface area contributed by atoms with Gasteiger partial charge < -0.3 is 9.72 Å². The second-order valence-electron chi connectivity index (χ2n) is 6.17. The molecule has 0 radical (unpaired) electrons. The van der Waals surface area contributed by atoms with E-state index in [0.29, 0.717) is 5.92 Å². The maximum absolute atomic E-state index is 11.8. The number of hydrogen-bond donors (Lipinski definition) is 1. The molecule has 1 aromatic rings. The van der Waals surface area contributed by atoms with Crippen molar-refractivity contribution in [2.24, 2.45) is 5.92 Å². The monoisotopic (exact) mass is 273 g/mol. The first-order valence-electron chi connectivity index (χ1n) is 7.70. The fourth-order valence-electron chi connectivity index (χ4n) is 3.71. The first-order valence-corrected chi connectivity index (χ1v) is 7.70. The molecule has 0 bridgehead atoms. The van der Waals surface area contributed by atoms with Crippen LogP contribution in [-0.4, -0.2) is 18.1 Å². The maximum atomic E-state index is 11.8. The van der Waals surface area contributed by atoms with E-state index >= 15 is 0 Å². The molecule has 20 heavy (non-hydrogen) atoms. The van der Waals surface area contributed by atoms with Gasteiger partial charge in [-0.15, -0.1) is 0 Å². The summed E-state index contributed by atoms with van der Waals surface area (Å²) in [6.45, 7) is 2.11. The number of fused-ring (bicyclic) bond motifs is 1. The Morgan fingerprint density at radius 1 is 1.30 bits per heavy atom. The van der Waals surface area contributed by atoms with Gasteiger partial charge in [0.25, 0.3) is 0 Å². The number of ether oxygens (including phenoxy) is 1. The normalized spacial score (nSPS) is 23.1. The topological polar surface area (TPSA) is 42.1 Å². The molecule has 1 unspecified atom stereocenters. The Labute approximate surface area is 120 Å². The summed E-state index contributed by atoms with van der Waals surface area (Å²) in [5, 5.41) is 0. The zero-order valence-corrected chi connectivity index (χ0v) is 12.4. The summed E-state index contributed by atoms with van der Waals surface area (Å²) < 4.78 is 4.88. The van der Waals surface area contributed by atoms with Gasteiger partial charge in [-0.25, -0.2) is 4.79 Å². The minimum Gasteiger partial charge on any atom is -0.466 e. The van der Waals surface area contributed by atoms with Gasteiger partial charge in [-0.1, -0.05) is 26.2 Å². The fourth-order valence-corrected chi connectivity index (χ4v) is 3.71. The van der Waals surface area contributed by atoms with Crippen LogP contribution in [0.2, 0.25) is 0 Å². The lowest BCUT2D eigenvalue weighted by atomic mass is 9.79. The molecule has 2 aliphatic rings. The second kappa shape index (κ2) is 5.47. The number of esters is 1. The predicted octanol–water partition coefficient (Wildman–Crippen LogP) is 3.81. The summed E-state index contributed by atoms with van der Waals surface area (Å²) in [6, 6.07) is 0. The average molecular weight is 273 g/mol. The zero-order valence-electron chi connectivity index (χ0n) is 12.4. The highest BCUT2D eigenvalue weighted by atomic mass is 16.5. The van der Waals surface area contributed by atoms with Crippen LogP contribution in [0.15, 0.2) is 11.8 Å². The van der Waals surface area contributed by atoms with Crippen molar-refractivity contribution in [3.8, 4) is 0 Å². The van der Waals surface area contributed by atoms with Gasteiger partial charge in [0.15, 0.2) is 0 Å². The Hall–Kier alpha value is -1.51. The molecule has 0 saturated heterocycles. The number of hydrogen-bond acceptors (Lipinski definition) is 2. The van der Waals surface area contributed by atoms with Gasteiger partial charge in [0.05, 0.1) is 7.11 Å². The Bertz CT molecular complexity index is 535. The smallest absolute Gasteiger partial charge is 0.334 e. The Morgan fingerprint density at radius 2 is 2.05 bits per heavy atom. The predicted molar refractivity (Wildman–Crippen MR) is 79.5 cm³/mol. The molecule has 0 aliphatic heterocycles. The van der Waals surface area contributed by atoms with Gasteiger partial charge in [0.2, 0.25) is 0 Å². The third-order valence-corrected chi connectivity index (χ3v) is 4.86. The highest BCUT2D eigenvalue weighted by molar-refractivity contribution is 5.95. The molecule has 3 nitrogen and oxygen atoms in total. The third-order valence-electron chi connectivity index (χ3n) is 4.86. The highest BCUT2D eigenvalue weighted by Crippen LogP contribution is 2.39. The molecule has 1 heterocycles. The quantitative estimate of drug-likeness (QED) is 0.832. The molecule has 3 rings (SSSR count). The minimum atomic E-state index is -0.197. The van der Waals surface area contributed by atoms with E-state index in [2.05, 4.69) is 18.1 Å². The van der Waals surface area contributed by atoms with E-state index in [1.807, 2.05) is 6.08 Å². The molecule has 0 aromatic carbocycles. The van der Waals surface area contributed by atoms with Crippen molar-refractivity contribution in [2.45, 2.75) is 51.4 Å². The lowest BCUT2D eigenvalue weighted by Crippen LogP contribution is -2.19. The number of methoxy groups -OCH3 is 1. The summed E-state index contributed by atoms with van der Waals surface area (Å²) in [5.74, 6) is 0.758. The van der Waals surface area contributed by atoms with Gasteiger partial charge in [-0.2, -0.15) is 0 Å². The number of aromatic amines is 1. The lowest BCUT2D eigenvalue weighted by Gasteiger charge is -2.25. The molecule has 1 N–H and O–H groups in total. The number of carbonyl (C=O) groups is 1. The van der Waals surface area contributed by atoms with Crippen molar-refractivity contribution in [1.29, 1.82) is 0 Å². The minimum absolute atomic E-state index is 0.197. The van der Waals surface area contributed by atoms with Crippen molar-refractivity contribution in [3.05, 3.63) is 28.6 Å². The summed E-state index contributed by atoms with van der Waals surface area (Å²) >= 11 is 0. The molecule has 108 valence electrons. The molecule has 1 atom stereocenters. The molecule has 1 fully saturated rings. The zero-order chi connectivity index (χ0) is 14.1. The number of aromatic nitrogens is 1. The van der Waals surface area contributed by atoms with Crippen LogP contribution in [0.4, 0.5) is 0 Å². The van der Waals surface area contributed by atoms with Crippen LogP contribution >= 0.6 is 0 Å². The lowest BCUT2D eigenvalue weighted by molar-refractivity contribution is -0.136. The molecular weight excluding hydrogens is 250 g/mol. The van der Waals surface area contributed by atoms with Crippen LogP contribution in [-0.2, 0) is 16.0 Å². The van der Waals surface area contributed by atoms with Gasteiger partial charge >= 0.3 is 5.97 Å². The van der Waals surface area contributed by atoms with Gasteiger partial charge in [-0.05, 0) is 48.3 Å². The molecule has 2 aliphatic carbocycles. The largest absolute Gasteiger partial charge is 0.466 e. The maximum Gasteiger partial charge on any atom is 0.334 e. The van der Waals surface area contributed by atoms with Crippen molar-refractivity contribution in [2.75, 3.05) is 7.11 Å². The molecule has 3 heteroatoms. The SMILES string of the molecule is COC(=O)C1=Cc2[nH]cc(C3CCCCC3)c2CC1C. The molecule has 0 spiro atoms. The van der Waals surface area contributed by atoms with E-state index in [1.165, 1.54) is 50.3 Å². The van der Waals surface area contributed by atoms with E-state index in [0.717, 1.165) is 17.7 Å². The summed E-state index contributed by atoms with van der Waals surface area (Å²) in [7, 11) is 1.45. The van der Waals surface area contributed by atoms with Crippen molar-refractivity contribution in [1.82, 2.24) is 4.98 Å². The Morgan fingerprint density at radius 3 is 2.75 bits per heavy atom. The third kappa shape index (κ3) is 2.30. The van der Waals surface area contributed by atoms with Crippen LogP contribution in [0.3, 0.4) is 0 Å². The van der Waals surface area contributed by atoms with E-state index in [9.17, 15) is 4.79 Å². The van der Waals surface area contributed by atoms with E-state index < -0.39 is 0 Å². The fraction of sp³-hybridized carbons (Fsp3) is 0.588. The number of H-pyrrole nitrogens is 1. The Balaban J connectivity index is 1.92. The second-order valence-corrected chi connectivity index (χ2v) is 6.17. The average Bonchev–Trinajstić information content (AvgIpc) is 2.89. The van der Waals surface area contributed by atoms with Crippen molar-refractivity contribution in [3.63, 3.8) is 0 Å². The van der Waals surface area contributed by atoms with Gasteiger partial charge in [0, 0.05) is 17.5 Å². The first kappa shape index (κ1) is 13.5. The molecule has 1 saturated carbocycles. The summed E-state index contributed by atoms with van der Waals surface area (Å²) in [4.78, 5) is 15.2. The standard InChI is InChI=1S/C17H23NO2/c1-11-8-14-15(12-6-4-3-5-7-12)10-18-16(14)9-13(11)17(19)20-2/h9-12,18H,3-8H2,1-2H3. The van der Waals surface area contributed by atoms with Crippen LogP contribution in [0.5, 0.6) is 0 Å². The van der Waals surface area contributed by atoms with E-state index in [1.54, 1.807) is 0 Å². The number of rotatable bonds is 2. The van der Waals surface area contributed by atoms with E-state index in [4.69, 9.17) is 4.74 Å².